The Morgan fingerprint density at radius 2 is 1.74 bits per heavy atom. The maximum absolute atomic E-state index is 12.8. The highest BCUT2D eigenvalue weighted by Gasteiger charge is 2.26. The molecule has 2 aliphatic rings. The van der Waals surface area contributed by atoms with Gasteiger partial charge in [0.25, 0.3) is 11.6 Å². The molecule has 4 rings (SSSR count). The number of ether oxygens (including phenoxy) is 1. The monoisotopic (exact) mass is 467 g/mol. The first-order chi connectivity index (χ1) is 16.5. The van der Waals surface area contributed by atoms with Gasteiger partial charge in [-0.2, -0.15) is 0 Å². The van der Waals surface area contributed by atoms with Crippen LogP contribution in [0.3, 0.4) is 0 Å². The van der Waals surface area contributed by atoms with Crippen LogP contribution in [0.25, 0.3) is 0 Å². The summed E-state index contributed by atoms with van der Waals surface area (Å²) in [5.74, 6) is -0.391. The van der Waals surface area contributed by atoms with Gasteiger partial charge >= 0.3 is 0 Å². The lowest BCUT2D eigenvalue weighted by Gasteiger charge is -2.32. The zero-order chi connectivity index (χ0) is 23.9. The SMILES string of the molecule is O=C(CN1CCC(NC(=O)c2ccc(N3CCOCC3)c([N+](=O)[O-])c2)CC1)Nc1ccccc1. The van der Waals surface area contributed by atoms with E-state index >= 15 is 0 Å². The average molecular weight is 468 g/mol. The fraction of sp³-hybridized carbons (Fsp3) is 0.417. The molecule has 0 aliphatic carbocycles. The zero-order valence-electron chi connectivity index (χ0n) is 18.9. The quantitative estimate of drug-likeness (QED) is 0.474. The Hall–Kier alpha value is -3.50. The predicted molar refractivity (Wildman–Crippen MR) is 128 cm³/mol. The molecule has 2 amide bonds. The van der Waals surface area contributed by atoms with Gasteiger partial charge in [0.1, 0.15) is 5.69 Å². The summed E-state index contributed by atoms with van der Waals surface area (Å²) in [6, 6.07) is 13.9. The van der Waals surface area contributed by atoms with E-state index in [0.717, 1.165) is 5.69 Å². The van der Waals surface area contributed by atoms with Gasteiger partial charge in [-0.15, -0.1) is 0 Å². The third-order valence-electron chi connectivity index (χ3n) is 6.13. The van der Waals surface area contributed by atoms with E-state index in [0.29, 0.717) is 64.5 Å². The number of anilines is 2. The third-order valence-corrected chi connectivity index (χ3v) is 6.13. The van der Waals surface area contributed by atoms with E-state index in [1.54, 1.807) is 12.1 Å². The van der Waals surface area contributed by atoms with E-state index in [1.807, 2.05) is 35.2 Å². The van der Waals surface area contributed by atoms with Crippen LogP contribution in [0.4, 0.5) is 17.1 Å². The number of carbonyl (C=O) groups is 2. The smallest absolute Gasteiger partial charge is 0.293 e. The highest BCUT2D eigenvalue weighted by atomic mass is 16.6. The normalized spacial score (nSPS) is 17.2. The number of carbonyl (C=O) groups excluding carboxylic acids is 2. The van der Waals surface area contributed by atoms with E-state index in [4.69, 9.17) is 4.74 Å². The van der Waals surface area contributed by atoms with Crippen LogP contribution in [0.5, 0.6) is 0 Å². The summed E-state index contributed by atoms with van der Waals surface area (Å²) in [5, 5.41) is 17.5. The van der Waals surface area contributed by atoms with E-state index in [9.17, 15) is 19.7 Å². The minimum Gasteiger partial charge on any atom is -0.378 e. The van der Waals surface area contributed by atoms with Crippen LogP contribution < -0.4 is 15.5 Å². The van der Waals surface area contributed by atoms with Crippen molar-refractivity contribution in [2.45, 2.75) is 18.9 Å². The molecule has 0 radical (unpaired) electrons. The van der Waals surface area contributed by atoms with Gasteiger partial charge in [-0.25, -0.2) is 0 Å². The zero-order valence-corrected chi connectivity index (χ0v) is 18.9. The summed E-state index contributed by atoms with van der Waals surface area (Å²) in [5.41, 5.74) is 1.47. The summed E-state index contributed by atoms with van der Waals surface area (Å²) in [4.78, 5) is 40.2. The number of hydrogen-bond donors (Lipinski definition) is 2. The van der Waals surface area contributed by atoms with Crippen molar-refractivity contribution in [3.63, 3.8) is 0 Å². The number of piperidine rings is 1. The number of benzene rings is 2. The van der Waals surface area contributed by atoms with Crippen molar-refractivity contribution in [3.05, 3.63) is 64.2 Å². The Labute approximate surface area is 198 Å². The molecule has 0 unspecified atom stereocenters. The average Bonchev–Trinajstić information content (AvgIpc) is 2.86. The fourth-order valence-corrected chi connectivity index (χ4v) is 4.31. The Morgan fingerprint density at radius 3 is 2.41 bits per heavy atom. The van der Waals surface area contributed by atoms with Crippen LogP contribution in [-0.2, 0) is 9.53 Å². The summed E-state index contributed by atoms with van der Waals surface area (Å²) in [7, 11) is 0. The minimum atomic E-state index is -0.444. The summed E-state index contributed by atoms with van der Waals surface area (Å²) in [6.07, 6.45) is 1.41. The fourth-order valence-electron chi connectivity index (χ4n) is 4.31. The molecular formula is C24H29N5O5. The van der Waals surface area contributed by atoms with Crippen molar-refractivity contribution in [1.82, 2.24) is 10.2 Å². The Bertz CT molecular complexity index is 1020. The first kappa shape index (κ1) is 23.7. The van der Waals surface area contributed by atoms with Crippen LogP contribution in [0.1, 0.15) is 23.2 Å². The number of amides is 2. The molecule has 2 aromatic rings. The lowest BCUT2D eigenvalue weighted by atomic mass is 10.0. The number of nitrogens with one attached hydrogen (secondary N) is 2. The van der Waals surface area contributed by atoms with Gasteiger partial charge in [0.15, 0.2) is 0 Å². The molecule has 34 heavy (non-hydrogen) atoms. The van der Waals surface area contributed by atoms with Crippen LogP contribution in [0.15, 0.2) is 48.5 Å². The number of nitro groups is 1. The van der Waals surface area contributed by atoms with Crippen molar-refractivity contribution in [2.75, 3.05) is 56.2 Å². The van der Waals surface area contributed by atoms with Crippen LogP contribution >= 0.6 is 0 Å². The Balaban J connectivity index is 1.29. The topological polar surface area (TPSA) is 117 Å². The molecule has 10 nitrogen and oxygen atoms in total. The molecule has 0 bridgehead atoms. The summed E-state index contributed by atoms with van der Waals surface area (Å²) < 4.78 is 5.32. The molecule has 2 aliphatic heterocycles. The molecule has 2 aromatic carbocycles. The highest BCUT2D eigenvalue weighted by molar-refractivity contribution is 5.96. The van der Waals surface area contributed by atoms with Crippen molar-refractivity contribution in [2.24, 2.45) is 0 Å². The molecule has 180 valence electrons. The van der Waals surface area contributed by atoms with Gasteiger partial charge in [-0.05, 0) is 37.1 Å². The molecule has 0 aromatic heterocycles. The second-order valence-corrected chi connectivity index (χ2v) is 8.50. The Morgan fingerprint density at radius 1 is 1.03 bits per heavy atom. The van der Waals surface area contributed by atoms with Gasteiger partial charge in [0, 0.05) is 49.5 Å². The van der Waals surface area contributed by atoms with Crippen LogP contribution in [0, 0.1) is 10.1 Å². The van der Waals surface area contributed by atoms with Gasteiger partial charge in [0.2, 0.25) is 5.91 Å². The van der Waals surface area contributed by atoms with Crippen LogP contribution in [-0.4, -0.2) is 73.6 Å². The second-order valence-electron chi connectivity index (χ2n) is 8.50. The number of nitro benzene ring substituents is 1. The van der Waals surface area contributed by atoms with Crippen molar-refractivity contribution >= 4 is 28.9 Å². The molecule has 0 atom stereocenters. The highest BCUT2D eigenvalue weighted by Crippen LogP contribution is 2.30. The molecule has 2 N–H and O–H groups in total. The van der Waals surface area contributed by atoms with Crippen molar-refractivity contribution in [3.8, 4) is 0 Å². The molecule has 0 spiro atoms. The number of hydrogen-bond acceptors (Lipinski definition) is 7. The first-order valence-electron chi connectivity index (χ1n) is 11.5. The standard InChI is InChI=1S/C24H29N5O5/c30-23(25-19-4-2-1-3-5-19)17-27-10-8-20(9-11-27)26-24(31)18-6-7-21(22(16-18)29(32)33)28-12-14-34-15-13-28/h1-7,16,20H,8-15,17H2,(H,25,30)(H,26,31). The van der Waals surface area contributed by atoms with E-state index in [-0.39, 0.29) is 29.1 Å². The molecule has 0 saturated carbocycles. The minimum absolute atomic E-state index is 0.0427. The van der Waals surface area contributed by atoms with E-state index < -0.39 is 4.92 Å². The third kappa shape index (κ3) is 6.09. The number of morpholine rings is 1. The first-order valence-corrected chi connectivity index (χ1v) is 11.5. The largest absolute Gasteiger partial charge is 0.378 e. The summed E-state index contributed by atoms with van der Waals surface area (Å²) >= 11 is 0. The Kier molecular flexibility index (Phi) is 7.71. The van der Waals surface area contributed by atoms with E-state index in [2.05, 4.69) is 15.5 Å². The predicted octanol–water partition coefficient (Wildman–Crippen LogP) is 2.26. The van der Waals surface area contributed by atoms with Crippen molar-refractivity contribution in [1.29, 1.82) is 0 Å². The van der Waals surface area contributed by atoms with Gasteiger partial charge in [-0.3, -0.25) is 24.6 Å². The molecular weight excluding hydrogens is 438 g/mol. The van der Waals surface area contributed by atoms with Gasteiger partial charge in [0.05, 0.1) is 24.7 Å². The molecule has 10 heteroatoms. The van der Waals surface area contributed by atoms with E-state index in [1.165, 1.54) is 6.07 Å². The number of nitrogens with zero attached hydrogens (tertiary/aromatic N) is 3. The second kappa shape index (κ2) is 11.1. The van der Waals surface area contributed by atoms with Gasteiger partial charge < -0.3 is 20.3 Å². The lowest BCUT2D eigenvalue weighted by Crippen LogP contribution is -2.46. The molecule has 2 fully saturated rings. The molecule has 2 saturated heterocycles. The lowest BCUT2D eigenvalue weighted by molar-refractivity contribution is -0.384. The summed E-state index contributed by atoms with van der Waals surface area (Å²) in [6.45, 7) is 3.86. The van der Waals surface area contributed by atoms with Crippen molar-refractivity contribution < 1.29 is 19.2 Å². The maximum Gasteiger partial charge on any atom is 0.293 e. The van der Waals surface area contributed by atoms with Crippen LogP contribution in [0.2, 0.25) is 0 Å². The maximum atomic E-state index is 12.8. The number of rotatable bonds is 7. The molecule has 2 heterocycles. The number of para-hydroxylation sites is 1. The van der Waals surface area contributed by atoms with Gasteiger partial charge in [-0.1, -0.05) is 18.2 Å². The number of likely N-dealkylation sites (tertiary alicyclic amines) is 1.